The number of hydrazine groups is 1. The number of aromatic nitrogens is 1. The standard InChI is InChI=1S/C12H22N4S/c1-4-11(9-17-3)16(2)8-10-6-5-7-12(14-10)15-13/h5-7,11H,4,8-9,13H2,1-3H3,(H,14,15). The molecule has 1 heterocycles. The summed E-state index contributed by atoms with van der Waals surface area (Å²) in [6, 6.07) is 6.47. The second kappa shape index (κ2) is 7.53. The molecule has 0 fully saturated rings. The molecular formula is C12H22N4S. The summed E-state index contributed by atoms with van der Waals surface area (Å²) in [5.74, 6) is 7.22. The Balaban J connectivity index is 2.62. The van der Waals surface area contributed by atoms with Crippen LogP contribution in [0.15, 0.2) is 18.2 Å². The van der Waals surface area contributed by atoms with E-state index in [9.17, 15) is 0 Å². The normalized spacial score (nSPS) is 12.8. The Morgan fingerprint density at radius 3 is 2.88 bits per heavy atom. The van der Waals surface area contributed by atoms with E-state index in [0.717, 1.165) is 24.4 Å². The summed E-state index contributed by atoms with van der Waals surface area (Å²) in [6.07, 6.45) is 3.31. The number of thioether (sulfide) groups is 1. The van der Waals surface area contributed by atoms with Crippen LogP contribution in [0.25, 0.3) is 0 Å². The predicted octanol–water partition coefficient (Wildman–Crippen LogP) is 1.94. The first-order valence-corrected chi connectivity index (χ1v) is 7.22. The number of hydrogen-bond donors (Lipinski definition) is 2. The van der Waals surface area contributed by atoms with Gasteiger partial charge in [-0.2, -0.15) is 11.8 Å². The number of nitrogen functional groups attached to an aromatic ring is 1. The number of anilines is 1. The van der Waals surface area contributed by atoms with Gasteiger partial charge in [-0.15, -0.1) is 0 Å². The molecule has 0 saturated carbocycles. The molecule has 1 aromatic rings. The van der Waals surface area contributed by atoms with Crippen molar-refractivity contribution in [1.82, 2.24) is 9.88 Å². The number of nitrogens with two attached hydrogens (primary N) is 1. The van der Waals surface area contributed by atoms with Gasteiger partial charge in [-0.3, -0.25) is 4.90 Å². The van der Waals surface area contributed by atoms with E-state index in [1.165, 1.54) is 0 Å². The fourth-order valence-corrected chi connectivity index (χ4v) is 2.66. The van der Waals surface area contributed by atoms with Gasteiger partial charge in [0.25, 0.3) is 0 Å². The molecule has 0 amide bonds. The number of nitrogens with zero attached hydrogens (tertiary/aromatic N) is 2. The van der Waals surface area contributed by atoms with Crippen LogP contribution >= 0.6 is 11.8 Å². The Hall–Kier alpha value is -0.780. The van der Waals surface area contributed by atoms with Gasteiger partial charge in [0.15, 0.2) is 0 Å². The van der Waals surface area contributed by atoms with Crippen molar-refractivity contribution in [2.45, 2.75) is 25.9 Å². The molecule has 0 aliphatic rings. The molecule has 1 aromatic heterocycles. The lowest BCUT2D eigenvalue weighted by atomic mass is 10.2. The number of nitrogens with one attached hydrogen (secondary N) is 1. The summed E-state index contributed by atoms with van der Waals surface area (Å²) in [7, 11) is 2.15. The average Bonchev–Trinajstić information content (AvgIpc) is 2.36. The summed E-state index contributed by atoms with van der Waals surface area (Å²) < 4.78 is 0. The zero-order valence-corrected chi connectivity index (χ0v) is 11.6. The van der Waals surface area contributed by atoms with Crippen LogP contribution < -0.4 is 11.3 Å². The molecule has 0 aliphatic heterocycles. The molecule has 0 aliphatic carbocycles. The lowest BCUT2D eigenvalue weighted by Crippen LogP contribution is -2.33. The molecule has 5 heteroatoms. The first kappa shape index (κ1) is 14.3. The molecule has 0 bridgehead atoms. The molecule has 0 aromatic carbocycles. The Bertz CT molecular complexity index is 332. The molecule has 0 saturated heterocycles. The van der Waals surface area contributed by atoms with Crippen molar-refractivity contribution in [3.05, 3.63) is 23.9 Å². The van der Waals surface area contributed by atoms with Crippen LogP contribution in [0, 0.1) is 0 Å². The summed E-state index contributed by atoms with van der Waals surface area (Å²) in [4.78, 5) is 6.77. The maximum atomic E-state index is 5.35. The maximum Gasteiger partial charge on any atom is 0.140 e. The smallest absolute Gasteiger partial charge is 0.140 e. The van der Waals surface area contributed by atoms with Crippen molar-refractivity contribution in [2.75, 3.05) is 24.5 Å². The Morgan fingerprint density at radius 1 is 1.53 bits per heavy atom. The highest BCUT2D eigenvalue weighted by Gasteiger charge is 2.12. The number of pyridine rings is 1. The first-order valence-electron chi connectivity index (χ1n) is 5.83. The van der Waals surface area contributed by atoms with Crippen LogP contribution in [0.5, 0.6) is 0 Å². The van der Waals surface area contributed by atoms with Crippen LogP contribution in [0.3, 0.4) is 0 Å². The lowest BCUT2D eigenvalue weighted by molar-refractivity contribution is 0.245. The second-order valence-electron chi connectivity index (χ2n) is 4.09. The Kier molecular flexibility index (Phi) is 6.32. The lowest BCUT2D eigenvalue weighted by Gasteiger charge is -2.26. The van der Waals surface area contributed by atoms with Gasteiger partial charge in [-0.05, 0) is 31.9 Å². The van der Waals surface area contributed by atoms with E-state index in [1.807, 2.05) is 30.0 Å². The third kappa shape index (κ3) is 4.53. The van der Waals surface area contributed by atoms with Gasteiger partial charge in [0.1, 0.15) is 5.82 Å². The van der Waals surface area contributed by atoms with Gasteiger partial charge < -0.3 is 5.43 Å². The fourth-order valence-electron chi connectivity index (χ4n) is 1.78. The van der Waals surface area contributed by atoms with Gasteiger partial charge in [0, 0.05) is 18.3 Å². The summed E-state index contributed by atoms with van der Waals surface area (Å²) >= 11 is 1.89. The van der Waals surface area contributed by atoms with E-state index in [4.69, 9.17) is 5.84 Å². The van der Waals surface area contributed by atoms with E-state index >= 15 is 0 Å². The van der Waals surface area contributed by atoms with E-state index in [1.54, 1.807) is 0 Å². The number of hydrogen-bond acceptors (Lipinski definition) is 5. The van der Waals surface area contributed by atoms with Crippen molar-refractivity contribution in [1.29, 1.82) is 0 Å². The minimum absolute atomic E-state index is 0.598. The van der Waals surface area contributed by atoms with Gasteiger partial charge in [0.2, 0.25) is 0 Å². The molecule has 0 spiro atoms. The molecule has 1 atom stereocenters. The van der Waals surface area contributed by atoms with E-state index in [-0.39, 0.29) is 0 Å². The monoisotopic (exact) mass is 254 g/mol. The van der Waals surface area contributed by atoms with Crippen LogP contribution in [-0.4, -0.2) is 35.0 Å². The minimum Gasteiger partial charge on any atom is -0.308 e. The second-order valence-corrected chi connectivity index (χ2v) is 5.00. The van der Waals surface area contributed by atoms with Crippen LogP contribution in [0.4, 0.5) is 5.82 Å². The molecular weight excluding hydrogens is 232 g/mol. The zero-order valence-electron chi connectivity index (χ0n) is 10.8. The van der Waals surface area contributed by atoms with Gasteiger partial charge in [0.05, 0.1) is 5.69 Å². The van der Waals surface area contributed by atoms with Gasteiger partial charge in [-0.1, -0.05) is 13.0 Å². The van der Waals surface area contributed by atoms with Gasteiger partial charge in [-0.25, -0.2) is 10.8 Å². The highest BCUT2D eigenvalue weighted by atomic mass is 32.2. The van der Waals surface area contributed by atoms with Crippen molar-refractivity contribution >= 4 is 17.6 Å². The molecule has 1 rings (SSSR count). The van der Waals surface area contributed by atoms with Crippen molar-refractivity contribution in [3.63, 3.8) is 0 Å². The third-order valence-electron chi connectivity index (χ3n) is 2.82. The topological polar surface area (TPSA) is 54.2 Å². The van der Waals surface area contributed by atoms with Crippen molar-refractivity contribution in [2.24, 2.45) is 5.84 Å². The molecule has 3 N–H and O–H groups in total. The maximum absolute atomic E-state index is 5.35. The molecule has 0 radical (unpaired) electrons. The molecule has 17 heavy (non-hydrogen) atoms. The van der Waals surface area contributed by atoms with E-state index < -0.39 is 0 Å². The Morgan fingerprint density at radius 2 is 2.29 bits per heavy atom. The number of rotatable bonds is 7. The van der Waals surface area contributed by atoms with E-state index in [0.29, 0.717) is 11.9 Å². The zero-order chi connectivity index (χ0) is 12.7. The molecule has 1 unspecified atom stereocenters. The van der Waals surface area contributed by atoms with E-state index in [2.05, 4.69) is 35.5 Å². The molecule has 96 valence electrons. The first-order chi connectivity index (χ1) is 8.21. The SMILES string of the molecule is CCC(CSC)N(C)Cc1cccc(NN)n1. The Labute approximate surface area is 108 Å². The quantitative estimate of drug-likeness (QED) is 0.575. The van der Waals surface area contributed by atoms with Crippen molar-refractivity contribution < 1.29 is 0 Å². The largest absolute Gasteiger partial charge is 0.308 e. The summed E-state index contributed by atoms with van der Waals surface area (Å²) in [6.45, 7) is 3.08. The minimum atomic E-state index is 0.598. The average molecular weight is 254 g/mol. The van der Waals surface area contributed by atoms with Crippen molar-refractivity contribution in [3.8, 4) is 0 Å². The highest BCUT2D eigenvalue weighted by Crippen LogP contribution is 2.12. The molecule has 4 nitrogen and oxygen atoms in total. The van der Waals surface area contributed by atoms with Gasteiger partial charge >= 0.3 is 0 Å². The summed E-state index contributed by atoms with van der Waals surface area (Å²) in [5, 5.41) is 0. The van der Waals surface area contributed by atoms with Crippen LogP contribution in [-0.2, 0) is 6.54 Å². The fraction of sp³-hybridized carbons (Fsp3) is 0.583. The highest BCUT2D eigenvalue weighted by molar-refractivity contribution is 7.98. The predicted molar refractivity (Wildman–Crippen MR) is 76.0 cm³/mol. The van der Waals surface area contributed by atoms with Crippen LogP contribution in [0.1, 0.15) is 19.0 Å². The van der Waals surface area contributed by atoms with Crippen LogP contribution in [0.2, 0.25) is 0 Å². The third-order valence-corrected chi connectivity index (χ3v) is 3.54. The summed E-state index contributed by atoms with van der Waals surface area (Å²) in [5.41, 5.74) is 3.62.